The number of pyridine rings is 1. The van der Waals surface area contributed by atoms with Gasteiger partial charge in [-0.15, -0.1) is 5.73 Å². The van der Waals surface area contributed by atoms with Crippen molar-refractivity contribution in [2.24, 2.45) is 0 Å². The van der Waals surface area contributed by atoms with Crippen molar-refractivity contribution in [2.45, 2.75) is 66.2 Å². The summed E-state index contributed by atoms with van der Waals surface area (Å²) in [4.78, 5) is 9.81. The lowest BCUT2D eigenvalue weighted by molar-refractivity contribution is 0.545. The highest BCUT2D eigenvalue weighted by Gasteiger charge is 2.21. The molecule has 3 aromatic heterocycles. The molecule has 0 radical (unpaired) electrons. The topological polar surface area (TPSA) is 55.1 Å². The Morgan fingerprint density at radius 1 is 1.12 bits per heavy atom. The maximum Gasteiger partial charge on any atom is 0.165 e. The molecule has 5 heteroatoms. The van der Waals surface area contributed by atoms with Gasteiger partial charge in [-0.05, 0) is 51.3 Å². The molecule has 34 heavy (non-hydrogen) atoms. The third-order valence-electron chi connectivity index (χ3n) is 6.07. The van der Waals surface area contributed by atoms with Gasteiger partial charge in [0, 0.05) is 41.2 Å². The van der Waals surface area contributed by atoms with Crippen molar-refractivity contribution < 1.29 is 0 Å². The molecule has 0 saturated carbocycles. The monoisotopic (exact) mass is 455 g/mol. The summed E-state index contributed by atoms with van der Waals surface area (Å²) in [7, 11) is 1.96. The third-order valence-corrected chi connectivity index (χ3v) is 6.07. The minimum absolute atomic E-state index is 0.472. The zero-order valence-corrected chi connectivity index (χ0v) is 21.4. The van der Waals surface area contributed by atoms with Crippen LogP contribution < -0.4 is 5.32 Å². The number of fused-ring (bicyclic) bond motifs is 2. The van der Waals surface area contributed by atoms with E-state index in [-0.39, 0.29) is 0 Å². The van der Waals surface area contributed by atoms with E-state index in [9.17, 15) is 0 Å². The Bertz CT molecular complexity index is 1300. The van der Waals surface area contributed by atoms with Gasteiger partial charge in [-0.1, -0.05) is 51.5 Å². The summed E-state index contributed by atoms with van der Waals surface area (Å²) < 4.78 is 1.93. The fourth-order valence-electron chi connectivity index (χ4n) is 4.32. The first-order valence-electron chi connectivity index (χ1n) is 12.2. The van der Waals surface area contributed by atoms with Gasteiger partial charge < -0.3 is 5.32 Å². The van der Waals surface area contributed by atoms with Gasteiger partial charge >= 0.3 is 0 Å². The Morgan fingerprint density at radius 3 is 2.41 bits per heavy atom. The van der Waals surface area contributed by atoms with Gasteiger partial charge in [0.1, 0.15) is 5.82 Å². The largest absolute Gasteiger partial charge is 0.373 e. The van der Waals surface area contributed by atoms with Crippen LogP contribution in [0.3, 0.4) is 0 Å². The number of aromatic nitrogens is 4. The summed E-state index contributed by atoms with van der Waals surface area (Å²) in [5.41, 5.74) is 10.2. The van der Waals surface area contributed by atoms with E-state index in [4.69, 9.17) is 4.98 Å². The molecular weight excluding hydrogens is 418 g/mol. The molecule has 0 aliphatic rings. The first-order valence-corrected chi connectivity index (χ1v) is 12.2. The van der Waals surface area contributed by atoms with E-state index in [1.54, 1.807) is 0 Å². The van der Waals surface area contributed by atoms with E-state index >= 15 is 0 Å². The van der Waals surface area contributed by atoms with Gasteiger partial charge in [0.15, 0.2) is 5.65 Å². The van der Waals surface area contributed by atoms with Crippen LogP contribution in [0.4, 0.5) is 5.82 Å². The lowest BCUT2D eigenvalue weighted by Crippen LogP contribution is -2.11. The minimum atomic E-state index is 0.472. The standard InChI is InChI=1S/C24H29N5.C5H8/c1-5-9-17(10-6-2)22-16(3)23(25-4)29-24(28-22)20(15-27-29)19-13-18-11-7-8-12-21(18)26-14-19;1-4-5(2)3/h7-8,11-15,17,25H,5-6,9-10H2,1-4H3;1H2,2-3H3. The highest BCUT2D eigenvalue weighted by atomic mass is 15.3. The number of para-hydroxylation sites is 1. The molecule has 5 nitrogen and oxygen atoms in total. The van der Waals surface area contributed by atoms with E-state index in [0.717, 1.165) is 64.8 Å². The van der Waals surface area contributed by atoms with Crippen molar-refractivity contribution >= 4 is 22.4 Å². The Hall–Kier alpha value is -3.43. The zero-order valence-electron chi connectivity index (χ0n) is 21.4. The van der Waals surface area contributed by atoms with Crippen molar-refractivity contribution in [3.05, 3.63) is 71.9 Å². The molecule has 0 atom stereocenters. The molecule has 0 saturated heterocycles. The second-order valence-electron chi connectivity index (χ2n) is 8.88. The first kappa shape index (κ1) is 25.2. The minimum Gasteiger partial charge on any atom is -0.373 e. The quantitative estimate of drug-likeness (QED) is 0.290. The molecule has 1 N–H and O–H groups in total. The van der Waals surface area contributed by atoms with Gasteiger partial charge in [-0.2, -0.15) is 9.61 Å². The van der Waals surface area contributed by atoms with Crippen LogP contribution in [0.1, 0.15) is 70.6 Å². The smallest absolute Gasteiger partial charge is 0.165 e. The maximum absolute atomic E-state index is 5.17. The molecule has 4 rings (SSSR count). The maximum atomic E-state index is 5.17. The van der Waals surface area contributed by atoms with Crippen molar-refractivity contribution in [2.75, 3.05) is 12.4 Å². The number of allylic oxidation sites excluding steroid dienone is 1. The van der Waals surface area contributed by atoms with Crippen molar-refractivity contribution in [3.63, 3.8) is 0 Å². The number of nitrogens with zero attached hydrogens (tertiary/aromatic N) is 4. The second kappa shape index (κ2) is 11.6. The van der Waals surface area contributed by atoms with E-state index in [2.05, 4.69) is 60.6 Å². The van der Waals surface area contributed by atoms with Gasteiger partial charge in [0.25, 0.3) is 0 Å². The number of rotatable bonds is 7. The average molecular weight is 456 g/mol. The Balaban J connectivity index is 0.000000588. The van der Waals surface area contributed by atoms with Crippen molar-refractivity contribution in [1.29, 1.82) is 0 Å². The summed E-state index contributed by atoms with van der Waals surface area (Å²) >= 11 is 0. The Labute approximate surface area is 203 Å². The molecule has 0 spiro atoms. The van der Waals surface area contributed by atoms with E-state index < -0.39 is 0 Å². The van der Waals surface area contributed by atoms with Gasteiger partial charge in [-0.3, -0.25) is 4.98 Å². The number of nitrogens with one attached hydrogen (secondary N) is 1. The highest BCUT2D eigenvalue weighted by molar-refractivity contribution is 5.87. The van der Waals surface area contributed by atoms with Crippen molar-refractivity contribution in [1.82, 2.24) is 19.6 Å². The van der Waals surface area contributed by atoms with E-state index in [1.807, 2.05) is 56.0 Å². The predicted octanol–water partition coefficient (Wildman–Crippen LogP) is 7.72. The summed E-state index contributed by atoms with van der Waals surface area (Å²) in [6.45, 7) is 14.0. The lowest BCUT2D eigenvalue weighted by Gasteiger charge is -2.20. The summed E-state index contributed by atoms with van der Waals surface area (Å²) in [6.07, 6.45) is 8.46. The number of hydrogen-bond donors (Lipinski definition) is 1. The van der Waals surface area contributed by atoms with E-state index in [1.165, 1.54) is 11.3 Å². The van der Waals surface area contributed by atoms with Gasteiger partial charge in [0.05, 0.1) is 17.4 Å². The number of hydrogen-bond acceptors (Lipinski definition) is 4. The average Bonchev–Trinajstić information content (AvgIpc) is 3.27. The predicted molar refractivity (Wildman–Crippen MR) is 145 cm³/mol. The second-order valence-corrected chi connectivity index (χ2v) is 8.88. The molecule has 0 amide bonds. The highest BCUT2D eigenvalue weighted by Crippen LogP contribution is 2.34. The molecule has 3 heterocycles. The Kier molecular flexibility index (Phi) is 8.61. The SMILES string of the molecule is C=C=C(C)C.CCCC(CCC)c1nc2c(-c3cnc4ccccc4c3)cnn2c(NC)c1C. The molecular formula is C29H37N5. The van der Waals surface area contributed by atoms with Gasteiger partial charge in [0.2, 0.25) is 0 Å². The van der Waals surface area contributed by atoms with Gasteiger partial charge in [-0.25, -0.2) is 4.98 Å². The summed E-state index contributed by atoms with van der Waals surface area (Å²) in [5, 5.41) is 9.15. The molecule has 0 aliphatic heterocycles. The first-order chi connectivity index (χ1) is 16.4. The fraction of sp³-hybridized carbons (Fsp3) is 0.379. The van der Waals surface area contributed by atoms with Crippen LogP contribution >= 0.6 is 0 Å². The number of benzene rings is 1. The van der Waals surface area contributed by atoms with Crippen LogP contribution in [0.2, 0.25) is 0 Å². The van der Waals surface area contributed by atoms with Crippen LogP contribution in [0.15, 0.2) is 60.6 Å². The fourth-order valence-corrected chi connectivity index (χ4v) is 4.32. The normalized spacial score (nSPS) is 10.8. The van der Waals surface area contributed by atoms with Crippen LogP contribution in [0.5, 0.6) is 0 Å². The van der Waals surface area contributed by atoms with Crippen LogP contribution in [-0.2, 0) is 0 Å². The Morgan fingerprint density at radius 2 is 1.79 bits per heavy atom. The third kappa shape index (κ3) is 5.37. The molecule has 0 fully saturated rings. The molecule has 178 valence electrons. The van der Waals surface area contributed by atoms with E-state index in [0.29, 0.717) is 5.92 Å². The molecule has 0 unspecified atom stereocenters. The zero-order chi connectivity index (χ0) is 24.7. The summed E-state index contributed by atoms with van der Waals surface area (Å²) in [5.74, 6) is 1.49. The summed E-state index contributed by atoms with van der Waals surface area (Å²) in [6, 6.07) is 10.4. The van der Waals surface area contributed by atoms with Crippen molar-refractivity contribution in [3.8, 4) is 11.1 Å². The van der Waals surface area contributed by atoms with Crippen LogP contribution in [-0.4, -0.2) is 26.6 Å². The van der Waals surface area contributed by atoms with Crippen LogP contribution in [0.25, 0.3) is 27.7 Å². The number of anilines is 1. The molecule has 0 bridgehead atoms. The van der Waals surface area contributed by atoms with Crippen LogP contribution in [0, 0.1) is 6.92 Å². The lowest BCUT2D eigenvalue weighted by atomic mass is 9.92. The molecule has 4 aromatic rings. The molecule has 0 aliphatic carbocycles. The molecule has 1 aromatic carbocycles.